The van der Waals surface area contributed by atoms with E-state index in [4.69, 9.17) is 0 Å². The third kappa shape index (κ3) is 2.54. The number of hydrogen-bond acceptors (Lipinski definition) is 2. The predicted octanol–water partition coefficient (Wildman–Crippen LogP) is 2.39. The molecule has 0 aromatic carbocycles. The minimum absolute atomic E-state index is 0.568. The Morgan fingerprint density at radius 3 is 2.13 bits per heavy atom. The van der Waals surface area contributed by atoms with Crippen LogP contribution in [0.15, 0.2) is 0 Å². The van der Waals surface area contributed by atoms with Gasteiger partial charge in [-0.3, -0.25) is 4.90 Å². The molecule has 1 saturated carbocycles. The third-order valence-electron chi connectivity index (χ3n) is 4.48. The third-order valence-corrected chi connectivity index (χ3v) is 4.48. The lowest BCUT2D eigenvalue weighted by atomic mass is 9.85. The first-order chi connectivity index (χ1) is 7.37. The summed E-state index contributed by atoms with van der Waals surface area (Å²) in [6.07, 6.45) is 10.1. The van der Waals surface area contributed by atoms with Gasteiger partial charge in [0.25, 0.3) is 0 Å². The van der Waals surface area contributed by atoms with Crippen LogP contribution < -0.4 is 5.32 Å². The topological polar surface area (TPSA) is 15.3 Å². The summed E-state index contributed by atoms with van der Waals surface area (Å²) in [5.41, 5.74) is 0.568. The van der Waals surface area contributed by atoms with Gasteiger partial charge in [0, 0.05) is 31.7 Å². The van der Waals surface area contributed by atoms with Crippen LogP contribution in [0, 0.1) is 0 Å². The van der Waals surface area contributed by atoms with E-state index in [-0.39, 0.29) is 0 Å². The minimum Gasteiger partial charge on any atom is -0.314 e. The Labute approximate surface area is 94.4 Å². The minimum atomic E-state index is 0.568. The first kappa shape index (κ1) is 11.4. The van der Waals surface area contributed by atoms with Crippen molar-refractivity contribution in [1.29, 1.82) is 0 Å². The number of nitrogens with one attached hydrogen (secondary N) is 1. The van der Waals surface area contributed by atoms with E-state index in [1.54, 1.807) is 0 Å². The molecule has 0 bridgehead atoms. The lowest BCUT2D eigenvalue weighted by Gasteiger charge is -2.45. The fourth-order valence-corrected chi connectivity index (χ4v) is 3.42. The second-order valence-electron chi connectivity index (χ2n) is 5.23. The van der Waals surface area contributed by atoms with Gasteiger partial charge in [0.2, 0.25) is 0 Å². The molecule has 2 nitrogen and oxygen atoms in total. The Morgan fingerprint density at radius 2 is 1.60 bits per heavy atom. The van der Waals surface area contributed by atoms with Gasteiger partial charge < -0.3 is 5.32 Å². The predicted molar refractivity (Wildman–Crippen MR) is 65.2 cm³/mol. The quantitative estimate of drug-likeness (QED) is 0.704. The van der Waals surface area contributed by atoms with Gasteiger partial charge in [0.15, 0.2) is 0 Å². The molecule has 88 valence electrons. The first-order valence-electron chi connectivity index (χ1n) is 6.83. The lowest BCUT2D eigenvalue weighted by Crippen LogP contribution is -2.55. The maximum Gasteiger partial charge on any atom is 0.0208 e. The lowest BCUT2D eigenvalue weighted by molar-refractivity contribution is 0.0547. The second kappa shape index (κ2) is 5.31. The molecular weight excluding hydrogens is 184 g/mol. The van der Waals surface area contributed by atoms with E-state index in [1.165, 1.54) is 71.1 Å². The van der Waals surface area contributed by atoms with Crippen LogP contribution in [0.5, 0.6) is 0 Å². The molecule has 0 aromatic rings. The molecule has 1 aliphatic carbocycles. The molecule has 2 rings (SSSR count). The average Bonchev–Trinajstić information content (AvgIpc) is 2.56. The van der Waals surface area contributed by atoms with Crippen molar-refractivity contribution in [2.45, 2.75) is 57.4 Å². The van der Waals surface area contributed by atoms with Crippen molar-refractivity contribution in [3.63, 3.8) is 0 Å². The molecule has 2 heteroatoms. The summed E-state index contributed by atoms with van der Waals surface area (Å²) in [6.45, 7) is 7.33. The van der Waals surface area contributed by atoms with Crippen molar-refractivity contribution in [2.24, 2.45) is 0 Å². The summed E-state index contributed by atoms with van der Waals surface area (Å²) in [5.74, 6) is 0. The Hall–Kier alpha value is -0.0800. The van der Waals surface area contributed by atoms with Crippen LogP contribution in [-0.2, 0) is 0 Å². The average molecular weight is 210 g/mol. The Bertz CT molecular complexity index is 177. The molecule has 1 aliphatic heterocycles. The maximum absolute atomic E-state index is 3.47. The fraction of sp³-hybridized carbons (Fsp3) is 1.00. The second-order valence-corrected chi connectivity index (χ2v) is 5.23. The van der Waals surface area contributed by atoms with Crippen molar-refractivity contribution in [3.05, 3.63) is 0 Å². The molecule has 2 fully saturated rings. The van der Waals surface area contributed by atoms with Gasteiger partial charge in [-0.2, -0.15) is 0 Å². The molecule has 1 saturated heterocycles. The van der Waals surface area contributed by atoms with Crippen LogP contribution in [0.3, 0.4) is 0 Å². The monoisotopic (exact) mass is 210 g/mol. The van der Waals surface area contributed by atoms with Gasteiger partial charge >= 0.3 is 0 Å². The van der Waals surface area contributed by atoms with E-state index >= 15 is 0 Å². The Kier molecular flexibility index (Phi) is 4.04. The van der Waals surface area contributed by atoms with Gasteiger partial charge in [-0.05, 0) is 19.3 Å². The smallest absolute Gasteiger partial charge is 0.0208 e. The molecular formula is C13H26N2. The highest BCUT2D eigenvalue weighted by atomic mass is 15.2. The number of rotatable bonds is 2. The van der Waals surface area contributed by atoms with Gasteiger partial charge in [-0.1, -0.05) is 32.6 Å². The zero-order valence-corrected chi connectivity index (χ0v) is 10.2. The zero-order valence-electron chi connectivity index (χ0n) is 10.2. The van der Waals surface area contributed by atoms with Gasteiger partial charge in [-0.15, -0.1) is 0 Å². The van der Waals surface area contributed by atoms with E-state index in [2.05, 4.69) is 17.1 Å². The molecule has 0 spiro atoms. The van der Waals surface area contributed by atoms with E-state index in [1.807, 2.05) is 0 Å². The van der Waals surface area contributed by atoms with Gasteiger partial charge in [0.1, 0.15) is 0 Å². The van der Waals surface area contributed by atoms with Crippen molar-refractivity contribution in [1.82, 2.24) is 10.2 Å². The normalized spacial score (nSPS) is 28.6. The summed E-state index contributed by atoms with van der Waals surface area (Å²) in [4.78, 5) is 2.79. The Morgan fingerprint density at radius 1 is 1.00 bits per heavy atom. The van der Waals surface area contributed by atoms with Crippen LogP contribution >= 0.6 is 0 Å². The van der Waals surface area contributed by atoms with E-state index in [9.17, 15) is 0 Å². The van der Waals surface area contributed by atoms with Crippen LogP contribution in [0.25, 0.3) is 0 Å². The molecule has 1 N–H and O–H groups in total. The molecule has 0 atom stereocenters. The molecule has 0 unspecified atom stereocenters. The fourth-order valence-electron chi connectivity index (χ4n) is 3.42. The van der Waals surface area contributed by atoms with Crippen LogP contribution in [0.1, 0.15) is 51.9 Å². The summed E-state index contributed by atoms with van der Waals surface area (Å²) in [6, 6.07) is 0. The van der Waals surface area contributed by atoms with E-state index in [0.717, 1.165) is 0 Å². The maximum atomic E-state index is 3.47. The van der Waals surface area contributed by atoms with Crippen LogP contribution in [0.2, 0.25) is 0 Å². The van der Waals surface area contributed by atoms with Crippen molar-refractivity contribution in [2.75, 3.05) is 26.2 Å². The number of nitrogens with zero attached hydrogens (tertiary/aromatic N) is 1. The summed E-state index contributed by atoms with van der Waals surface area (Å²) in [5, 5.41) is 3.47. The Balaban J connectivity index is 2.03. The largest absolute Gasteiger partial charge is 0.314 e. The number of hydrogen-bond donors (Lipinski definition) is 1. The summed E-state index contributed by atoms with van der Waals surface area (Å²) < 4.78 is 0. The number of piperazine rings is 1. The standard InChI is InChI=1S/C13H26N2/c1-2-13(7-5-3-4-6-8-13)15-11-9-14-10-12-15/h14H,2-12H2,1H3. The molecule has 2 aliphatic rings. The first-order valence-corrected chi connectivity index (χ1v) is 6.83. The highest BCUT2D eigenvalue weighted by molar-refractivity contribution is 4.92. The van der Waals surface area contributed by atoms with Gasteiger partial charge in [0.05, 0.1) is 0 Å². The molecule has 0 radical (unpaired) electrons. The zero-order chi connectivity index (χ0) is 10.6. The molecule has 0 amide bonds. The molecule has 1 heterocycles. The van der Waals surface area contributed by atoms with Crippen molar-refractivity contribution >= 4 is 0 Å². The SMILES string of the molecule is CCC1(N2CCNCC2)CCCCCC1. The van der Waals surface area contributed by atoms with Crippen LogP contribution in [0.4, 0.5) is 0 Å². The van der Waals surface area contributed by atoms with E-state index < -0.39 is 0 Å². The van der Waals surface area contributed by atoms with Gasteiger partial charge in [-0.25, -0.2) is 0 Å². The van der Waals surface area contributed by atoms with Crippen molar-refractivity contribution < 1.29 is 0 Å². The summed E-state index contributed by atoms with van der Waals surface area (Å²) >= 11 is 0. The van der Waals surface area contributed by atoms with Crippen LogP contribution in [-0.4, -0.2) is 36.6 Å². The highest BCUT2D eigenvalue weighted by Crippen LogP contribution is 2.35. The van der Waals surface area contributed by atoms with Crippen molar-refractivity contribution in [3.8, 4) is 0 Å². The van der Waals surface area contributed by atoms with E-state index in [0.29, 0.717) is 5.54 Å². The highest BCUT2D eigenvalue weighted by Gasteiger charge is 2.35. The molecule has 15 heavy (non-hydrogen) atoms. The molecule has 0 aromatic heterocycles. The summed E-state index contributed by atoms with van der Waals surface area (Å²) in [7, 11) is 0.